The van der Waals surface area contributed by atoms with Crippen molar-refractivity contribution < 1.29 is 4.92 Å². The molecule has 2 unspecified atom stereocenters. The predicted molar refractivity (Wildman–Crippen MR) is 82.2 cm³/mol. The summed E-state index contributed by atoms with van der Waals surface area (Å²) >= 11 is 0. The van der Waals surface area contributed by atoms with Gasteiger partial charge in [0.2, 0.25) is 0 Å². The number of non-ortho nitro benzene ring substituents is 1. The van der Waals surface area contributed by atoms with Crippen LogP contribution >= 0.6 is 0 Å². The minimum atomic E-state index is -0.366. The maximum Gasteiger partial charge on any atom is 0.269 e. The molecule has 0 radical (unpaired) electrons. The second-order valence-electron chi connectivity index (χ2n) is 5.53. The van der Waals surface area contributed by atoms with Crippen molar-refractivity contribution in [1.29, 1.82) is 0 Å². The van der Waals surface area contributed by atoms with Gasteiger partial charge in [-0.1, -0.05) is 36.4 Å². The van der Waals surface area contributed by atoms with E-state index in [1.807, 2.05) is 12.1 Å². The number of aryl methyl sites for hydroxylation is 1. The zero-order chi connectivity index (χ0) is 14.8. The first-order valence-electron chi connectivity index (χ1n) is 7.23. The summed E-state index contributed by atoms with van der Waals surface area (Å²) in [5.41, 5.74) is 4.01. The van der Waals surface area contributed by atoms with E-state index >= 15 is 0 Å². The molecule has 0 bridgehead atoms. The fourth-order valence-electron chi connectivity index (χ4n) is 3.01. The van der Waals surface area contributed by atoms with Crippen molar-refractivity contribution >= 4 is 5.69 Å². The van der Waals surface area contributed by atoms with Gasteiger partial charge in [-0.2, -0.15) is 0 Å². The van der Waals surface area contributed by atoms with E-state index < -0.39 is 0 Å². The zero-order valence-electron chi connectivity index (χ0n) is 12.0. The van der Waals surface area contributed by atoms with Gasteiger partial charge in [0.15, 0.2) is 0 Å². The van der Waals surface area contributed by atoms with Crippen LogP contribution in [0.1, 0.15) is 42.1 Å². The highest BCUT2D eigenvalue weighted by Crippen LogP contribution is 2.32. The molecule has 4 heteroatoms. The molecule has 0 saturated carbocycles. The lowest BCUT2D eigenvalue weighted by Crippen LogP contribution is -2.22. The Hall–Kier alpha value is -2.20. The second kappa shape index (κ2) is 5.66. The number of nitrogens with zero attached hydrogens (tertiary/aromatic N) is 1. The Morgan fingerprint density at radius 2 is 1.90 bits per heavy atom. The Balaban J connectivity index is 1.72. The number of rotatable bonds is 4. The SMILES string of the molecule is CC(NC1CCc2ccccc21)c1ccc([N+](=O)[O-])cc1. The van der Waals surface area contributed by atoms with Crippen LogP contribution in [0.4, 0.5) is 5.69 Å². The molecule has 3 rings (SSSR count). The molecule has 0 aromatic heterocycles. The van der Waals surface area contributed by atoms with Crippen LogP contribution < -0.4 is 5.32 Å². The monoisotopic (exact) mass is 282 g/mol. The number of nitro benzene ring substituents is 1. The standard InChI is InChI=1S/C17H18N2O2/c1-12(13-6-9-15(10-7-13)19(20)21)18-17-11-8-14-4-2-3-5-16(14)17/h2-7,9-10,12,17-18H,8,11H2,1H3. The van der Waals surface area contributed by atoms with E-state index in [-0.39, 0.29) is 16.7 Å². The fourth-order valence-corrected chi connectivity index (χ4v) is 3.01. The van der Waals surface area contributed by atoms with Crippen LogP contribution in [0, 0.1) is 10.1 Å². The van der Waals surface area contributed by atoms with Crippen molar-refractivity contribution in [3.63, 3.8) is 0 Å². The molecule has 1 aliphatic carbocycles. The van der Waals surface area contributed by atoms with Crippen LogP contribution in [-0.4, -0.2) is 4.92 Å². The highest BCUT2D eigenvalue weighted by atomic mass is 16.6. The Labute approximate surface area is 124 Å². The first kappa shape index (κ1) is 13.8. The Morgan fingerprint density at radius 1 is 1.19 bits per heavy atom. The van der Waals surface area contributed by atoms with Gasteiger partial charge in [-0.3, -0.25) is 10.1 Å². The quantitative estimate of drug-likeness (QED) is 0.682. The second-order valence-corrected chi connectivity index (χ2v) is 5.53. The van der Waals surface area contributed by atoms with Crippen molar-refractivity contribution in [3.8, 4) is 0 Å². The minimum Gasteiger partial charge on any atom is -0.303 e. The van der Waals surface area contributed by atoms with Gasteiger partial charge in [-0.05, 0) is 36.5 Å². The summed E-state index contributed by atoms with van der Waals surface area (Å²) in [4.78, 5) is 10.3. The maximum absolute atomic E-state index is 10.7. The Morgan fingerprint density at radius 3 is 2.62 bits per heavy atom. The molecule has 0 heterocycles. The highest BCUT2D eigenvalue weighted by molar-refractivity contribution is 5.36. The molecule has 0 amide bonds. The first-order valence-corrected chi connectivity index (χ1v) is 7.23. The number of fused-ring (bicyclic) bond motifs is 1. The van der Waals surface area contributed by atoms with E-state index in [1.54, 1.807) is 12.1 Å². The van der Waals surface area contributed by atoms with Crippen LogP contribution in [0.15, 0.2) is 48.5 Å². The van der Waals surface area contributed by atoms with Crippen LogP contribution in [0.2, 0.25) is 0 Å². The smallest absolute Gasteiger partial charge is 0.269 e. The molecule has 0 saturated heterocycles. The lowest BCUT2D eigenvalue weighted by Gasteiger charge is -2.20. The Bertz CT molecular complexity index is 652. The van der Waals surface area contributed by atoms with E-state index in [0.29, 0.717) is 6.04 Å². The maximum atomic E-state index is 10.7. The van der Waals surface area contributed by atoms with Crippen molar-refractivity contribution in [3.05, 3.63) is 75.3 Å². The van der Waals surface area contributed by atoms with Crippen LogP contribution in [0.25, 0.3) is 0 Å². The van der Waals surface area contributed by atoms with Gasteiger partial charge in [0.1, 0.15) is 0 Å². The number of hydrogen-bond acceptors (Lipinski definition) is 3. The molecule has 1 N–H and O–H groups in total. The summed E-state index contributed by atoms with van der Waals surface area (Å²) in [7, 11) is 0. The van der Waals surface area contributed by atoms with Gasteiger partial charge in [0, 0.05) is 24.2 Å². The zero-order valence-corrected chi connectivity index (χ0v) is 12.0. The average molecular weight is 282 g/mol. The van der Waals surface area contributed by atoms with Crippen molar-refractivity contribution in [2.24, 2.45) is 0 Å². The number of nitrogens with one attached hydrogen (secondary N) is 1. The van der Waals surface area contributed by atoms with Crippen LogP contribution in [0.3, 0.4) is 0 Å². The average Bonchev–Trinajstić information content (AvgIpc) is 2.91. The van der Waals surface area contributed by atoms with Gasteiger partial charge < -0.3 is 5.32 Å². The number of nitro groups is 1. The molecular formula is C17H18N2O2. The van der Waals surface area contributed by atoms with Gasteiger partial charge in [0.05, 0.1) is 4.92 Å². The fraction of sp³-hybridized carbons (Fsp3) is 0.294. The number of hydrogen-bond donors (Lipinski definition) is 1. The Kier molecular flexibility index (Phi) is 3.71. The topological polar surface area (TPSA) is 55.2 Å². The van der Waals surface area contributed by atoms with E-state index in [4.69, 9.17) is 0 Å². The van der Waals surface area contributed by atoms with Gasteiger partial charge in [0.25, 0.3) is 5.69 Å². The van der Waals surface area contributed by atoms with Gasteiger partial charge in [-0.25, -0.2) is 0 Å². The van der Waals surface area contributed by atoms with Crippen molar-refractivity contribution in [1.82, 2.24) is 5.32 Å². The molecular weight excluding hydrogens is 264 g/mol. The minimum absolute atomic E-state index is 0.136. The molecule has 4 nitrogen and oxygen atoms in total. The van der Waals surface area contributed by atoms with E-state index in [1.165, 1.54) is 11.1 Å². The normalized spacial score (nSPS) is 18.2. The van der Waals surface area contributed by atoms with Crippen molar-refractivity contribution in [2.45, 2.75) is 31.8 Å². The third-order valence-corrected chi connectivity index (χ3v) is 4.19. The summed E-state index contributed by atoms with van der Waals surface area (Å²) in [6, 6.07) is 15.9. The van der Waals surface area contributed by atoms with Gasteiger partial charge >= 0.3 is 0 Å². The highest BCUT2D eigenvalue weighted by Gasteiger charge is 2.23. The van der Waals surface area contributed by atoms with Crippen LogP contribution in [-0.2, 0) is 6.42 Å². The summed E-state index contributed by atoms with van der Waals surface area (Å²) in [5, 5.41) is 14.3. The van der Waals surface area contributed by atoms with Crippen molar-refractivity contribution in [2.75, 3.05) is 0 Å². The third-order valence-electron chi connectivity index (χ3n) is 4.19. The summed E-state index contributed by atoms with van der Waals surface area (Å²) in [5.74, 6) is 0. The van der Waals surface area contributed by atoms with Crippen LogP contribution in [0.5, 0.6) is 0 Å². The molecule has 2 atom stereocenters. The van der Waals surface area contributed by atoms with Gasteiger partial charge in [-0.15, -0.1) is 0 Å². The molecule has 21 heavy (non-hydrogen) atoms. The molecule has 1 aliphatic rings. The largest absolute Gasteiger partial charge is 0.303 e. The van der Waals surface area contributed by atoms with E-state index in [9.17, 15) is 10.1 Å². The lowest BCUT2D eigenvalue weighted by molar-refractivity contribution is -0.384. The lowest BCUT2D eigenvalue weighted by atomic mass is 10.0. The molecule has 0 fully saturated rings. The van der Waals surface area contributed by atoms with E-state index in [0.717, 1.165) is 18.4 Å². The summed E-state index contributed by atoms with van der Waals surface area (Å²) in [6.45, 7) is 2.10. The molecule has 2 aromatic rings. The first-order chi connectivity index (χ1) is 10.1. The number of benzene rings is 2. The summed E-state index contributed by atoms with van der Waals surface area (Å²) < 4.78 is 0. The van der Waals surface area contributed by atoms with E-state index in [2.05, 4.69) is 36.5 Å². The summed E-state index contributed by atoms with van der Waals surface area (Å²) in [6.07, 6.45) is 2.22. The molecule has 108 valence electrons. The molecule has 2 aromatic carbocycles. The molecule has 0 spiro atoms. The molecule has 0 aliphatic heterocycles. The predicted octanol–water partition coefficient (Wildman–Crippen LogP) is 3.93. The third kappa shape index (κ3) is 2.81.